The van der Waals surface area contributed by atoms with Crippen LogP contribution in [0.5, 0.6) is 0 Å². The summed E-state index contributed by atoms with van der Waals surface area (Å²) < 4.78 is 13.9. The van der Waals surface area contributed by atoms with Crippen molar-refractivity contribution in [2.45, 2.75) is 32.2 Å². The average molecular weight is 438 g/mol. The Morgan fingerprint density at radius 2 is 1.90 bits per heavy atom. The fraction of sp³-hybridized carbons (Fsp3) is 0.292. The lowest BCUT2D eigenvalue weighted by Gasteiger charge is -2.32. The minimum Gasteiger partial charge on any atom is -0.348 e. The molecule has 2 amide bonds. The first kappa shape index (κ1) is 21.2. The number of pyridine rings is 1. The monoisotopic (exact) mass is 437 g/mol. The third-order valence-corrected chi connectivity index (χ3v) is 6.46. The van der Waals surface area contributed by atoms with Crippen molar-refractivity contribution in [1.82, 2.24) is 15.2 Å². The number of carbonyl (C=O) groups is 2. The molecule has 1 aliphatic heterocycles. The smallest absolute Gasteiger partial charge is 0.263 e. The van der Waals surface area contributed by atoms with Crippen LogP contribution in [0.2, 0.25) is 0 Å². The number of aryl methyl sites for hydroxylation is 1. The van der Waals surface area contributed by atoms with E-state index in [1.807, 2.05) is 35.4 Å². The van der Waals surface area contributed by atoms with Crippen LogP contribution in [0, 0.1) is 12.7 Å². The number of piperidine rings is 1. The van der Waals surface area contributed by atoms with Gasteiger partial charge in [-0.1, -0.05) is 24.3 Å². The van der Waals surface area contributed by atoms with Crippen molar-refractivity contribution >= 4 is 23.2 Å². The van der Waals surface area contributed by atoms with Gasteiger partial charge in [0.25, 0.3) is 11.8 Å². The molecule has 3 aromatic rings. The van der Waals surface area contributed by atoms with E-state index in [1.54, 1.807) is 24.3 Å². The Bertz CT molecular complexity index is 1080. The van der Waals surface area contributed by atoms with Gasteiger partial charge in [0.05, 0.1) is 16.1 Å². The largest absolute Gasteiger partial charge is 0.348 e. The maximum absolute atomic E-state index is 13.9. The van der Waals surface area contributed by atoms with E-state index in [0.29, 0.717) is 24.2 Å². The summed E-state index contributed by atoms with van der Waals surface area (Å²) in [4.78, 5) is 32.8. The van der Waals surface area contributed by atoms with Crippen LogP contribution in [0.3, 0.4) is 0 Å². The number of hydrogen-bond donors (Lipinski definition) is 1. The lowest BCUT2D eigenvalue weighted by atomic mass is 9.89. The topological polar surface area (TPSA) is 62.3 Å². The maximum Gasteiger partial charge on any atom is 0.263 e. The molecule has 160 valence electrons. The zero-order valence-corrected chi connectivity index (χ0v) is 18.1. The molecule has 0 spiro atoms. The van der Waals surface area contributed by atoms with Crippen molar-refractivity contribution in [2.24, 2.45) is 0 Å². The van der Waals surface area contributed by atoms with Gasteiger partial charge < -0.3 is 10.2 Å². The first-order valence-electron chi connectivity index (χ1n) is 10.3. The molecule has 5 nitrogen and oxygen atoms in total. The van der Waals surface area contributed by atoms with Gasteiger partial charge >= 0.3 is 0 Å². The van der Waals surface area contributed by atoms with Crippen molar-refractivity contribution in [3.63, 3.8) is 0 Å². The second-order valence-corrected chi connectivity index (χ2v) is 8.65. The van der Waals surface area contributed by atoms with Crippen LogP contribution in [-0.2, 0) is 6.54 Å². The van der Waals surface area contributed by atoms with Crippen LogP contribution in [0.1, 0.15) is 55.7 Å². The number of nitrogens with zero attached hydrogens (tertiary/aromatic N) is 2. The van der Waals surface area contributed by atoms with Gasteiger partial charge in [0.2, 0.25) is 0 Å². The van der Waals surface area contributed by atoms with Crippen LogP contribution in [0.4, 0.5) is 4.39 Å². The van der Waals surface area contributed by atoms with Crippen molar-refractivity contribution in [3.05, 3.63) is 87.1 Å². The number of benzene rings is 1. The number of carbonyl (C=O) groups excluding carboxylic acids is 2. The number of rotatable bonds is 5. The van der Waals surface area contributed by atoms with E-state index in [2.05, 4.69) is 10.3 Å². The number of amides is 2. The van der Waals surface area contributed by atoms with E-state index in [1.165, 1.54) is 17.4 Å². The molecular formula is C24H24FN3O2S. The zero-order valence-electron chi connectivity index (χ0n) is 17.3. The molecule has 31 heavy (non-hydrogen) atoms. The average Bonchev–Trinajstić information content (AvgIpc) is 3.33. The molecule has 1 aliphatic rings. The van der Waals surface area contributed by atoms with Crippen molar-refractivity contribution < 1.29 is 14.0 Å². The van der Waals surface area contributed by atoms with E-state index >= 15 is 0 Å². The van der Waals surface area contributed by atoms with E-state index in [0.717, 1.165) is 29.1 Å². The molecule has 2 aromatic heterocycles. The molecule has 0 atom stereocenters. The van der Waals surface area contributed by atoms with E-state index < -0.39 is 0 Å². The Morgan fingerprint density at radius 3 is 2.61 bits per heavy atom. The molecule has 1 N–H and O–H groups in total. The number of hydrogen-bond acceptors (Lipinski definition) is 4. The fourth-order valence-electron chi connectivity index (χ4n) is 3.90. The summed E-state index contributed by atoms with van der Waals surface area (Å²) in [5.41, 5.74) is 2.56. The molecular weight excluding hydrogens is 413 g/mol. The van der Waals surface area contributed by atoms with Crippen LogP contribution >= 0.6 is 11.3 Å². The summed E-state index contributed by atoms with van der Waals surface area (Å²) in [6, 6.07) is 13.7. The van der Waals surface area contributed by atoms with Crippen LogP contribution < -0.4 is 5.32 Å². The number of nitrogens with one attached hydrogen (secondary N) is 1. The summed E-state index contributed by atoms with van der Waals surface area (Å²) in [6.07, 6.45) is 1.50. The molecule has 0 unspecified atom stereocenters. The predicted molar refractivity (Wildman–Crippen MR) is 119 cm³/mol. The number of thiophene rings is 1. The molecule has 1 fully saturated rings. The Hall–Kier alpha value is -3.06. The summed E-state index contributed by atoms with van der Waals surface area (Å²) in [6.45, 7) is 3.28. The zero-order chi connectivity index (χ0) is 21.8. The molecule has 3 heterocycles. The molecule has 1 saturated heterocycles. The van der Waals surface area contributed by atoms with Crippen molar-refractivity contribution in [3.8, 4) is 0 Å². The fourth-order valence-corrected chi connectivity index (χ4v) is 4.60. The Balaban J connectivity index is 1.45. The van der Waals surface area contributed by atoms with Gasteiger partial charge in [0, 0.05) is 36.8 Å². The second-order valence-electron chi connectivity index (χ2n) is 7.70. The first-order valence-corrected chi connectivity index (χ1v) is 11.2. The third kappa shape index (κ3) is 4.82. The second kappa shape index (κ2) is 9.39. The lowest BCUT2D eigenvalue weighted by Crippen LogP contribution is -2.38. The van der Waals surface area contributed by atoms with Crippen molar-refractivity contribution in [2.75, 3.05) is 13.1 Å². The van der Waals surface area contributed by atoms with E-state index in [9.17, 15) is 14.0 Å². The first-order chi connectivity index (χ1) is 15.0. The maximum atomic E-state index is 13.9. The Labute approximate surface area is 184 Å². The molecule has 1 aromatic carbocycles. The normalized spacial score (nSPS) is 14.5. The van der Waals surface area contributed by atoms with Gasteiger partial charge in [-0.05, 0) is 49.4 Å². The Kier molecular flexibility index (Phi) is 6.42. The summed E-state index contributed by atoms with van der Waals surface area (Å²) in [5.74, 6) is -0.439. The van der Waals surface area contributed by atoms with Gasteiger partial charge in [-0.25, -0.2) is 4.39 Å². The molecule has 7 heteroatoms. The summed E-state index contributed by atoms with van der Waals surface area (Å²) in [7, 11) is 0. The van der Waals surface area contributed by atoms with Crippen LogP contribution in [0.15, 0.2) is 53.9 Å². The van der Waals surface area contributed by atoms with Crippen molar-refractivity contribution in [1.29, 1.82) is 0 Å². The lowest BCUT2D eigenvalue weighted by molar-refractivity contribution is 0.0715. The molecule has 0 bridgehead atoms. The quantitative estimate of drug-likeness (QED) is 0.637. The highest BCUT2D eigenvalue weighted by atomic mass is 32.1. The van der Waals surface area contributed by atoms with Gasteiger partial charge in [-0.3, -0.25) is 14.6 Å². The Morgan fingerprint density at radius 1 is 1.13 bits per heavy atom. The predicted octanol–water partition coefficient (Wildman–Crippen LogP) is 4.54. The molecule has 0 aliphatic carbocycles. The minimum absolute atomic E-state index is 0.0634. The standard InChI is InChI=1S/C24H24FN3O2S/c1-16-8-9-19(23(29)26-15-18-5-2-3-6-20(18)25)22(27-16)17-10-12-28(13-11-17)24(30)21-7-4-14-31-21/h2-9,14,17H,10-13,15H2,1H3,(H,26,29). The highest BCUT2D eigenvalue weighted by Gasteiger charge is 2.28. The number of likely N-dealkylation sites (tertiary alicyclic amines) is 1. The molecule has 0 saturated carbocycles. The number of halogens is 1. The van der Waals surface area contributed by atoms with E-state index in [4.69, 9.17) is 0 Å². The SMILES string of the molecule is Cc1ccc(C(=O)NCc2ccccc2F)c(C2CCN(C(=O)c3cccs3)CC2)n1. The highest BCUT2D eigenvalue weighted by Crippen LogP contribution is 2.30. The van der Waals surface area contributed by atoms with Gasteiger partial charge in [0.1, 0.15) is 5.82 Å². The number of aromatic nitrogens is 1. The molecule has 4 rings (SSSR count). The van der Waals surface area contributed by atoms with Gasteiger partial charge in [0.15, 0.2) is 0 Å². The third-order valence-electron chi connectivity index (χ3n) is 5.61. The summed E-state index contributed by atoms with van der Waals surface area (Å²) in [5, 5.41) is 4.72. The van der Waals surface area contributed by atoms with Gasteiger partial charge in [-0.2, -0.15) is 0 Å². The summed E-state index contributed by atoms with van der Waals surface area (Å²) >= 11 is 1.45. The van der Waals surface area contributed by atoms with E-state index in [-0.39, 0.29) is 30.1 Å². The minimum atomic E-state index is -0.340. The van der Waals surface area contributed by atoms with Crippen LogP contribution in [-0.4, -0.2) is 34.8 Å². The van der Waals surface area contributed by atoms with Gasteiger partial charge in [-0.15, -0.1) is 11.3 Å². The van der Waals surface area contributed by atoms with Crippen LogP contribution in [0.25, 0.3) is 0 Å². The highest BCUT2D eigenvalue weighted by molar-refractivity contribution is 7.12. The molecule has 0 radical (unpaired) electrons.